The number of ether oxygens (including phenoxy) is 2. The zero-order valence-electron chi connectivity index (χ0n) is 16.9. The van der Waals surface area contributed by atoms with Crippen molar-refractivity contribution in [2.45, 2.75) is 20.0 Å². The first-order valence-electron chi connectivity index (χ1n) is 9.06. The molecule has 0 spiro atoms. The number of nitrogens with zero attached hydrogens (tertiary/aromatic N) is 2. The molecule has 0 radical (unpaired) electrons. The number of hydrogen-bond acceptors (Lipinski definition) is 4. The lowest BCUT2D eigenvalue weighted by atomic mass is 10.1. The van der Waals surface area contributed by atoms with Gasteiger partial charge in [0.1, 0.15) is 0 Å². The first-order valence-corrected chi connectivity index (χ1v) is 9.06. The summed E-state index contributed by atoms with van der Waals surface area (Å²) in [5, 5.41) is 6.61. The van der Waals surface area contributed by atoms with Gasteiger partial charge in [0.15, 0.2) is 17.5 Å². The Bertz CT molecular complexity index is 760. The molecular formula is C21H30N4O2. The van der Waals surface area contributed by atoms with E-state index in [9.17, 15) is 0 Å². The largest absolute Gasteiger partial charge is 0.493 e. The Morgan fingerprint density at radius 1 is 1.00 bits per heavy atom. The number of guanidine groups is 1. The molecule has 0 fully saturated rings. The molecule has 27 heavy (non-hydrogen) atoms. The summed E-state index contributed by atoms with van der Waals surface area (Å²) in [7, 11) is 7.40. The van der Waals surface area contributed by atoms with Crippen molar-refractivity contribution in [2.24, 2.45) is 4.99 Å². The van der Waals surface area contributed by atoms with Crippen LogP contribution in [0.15, 0.2) is 47.5 Å². The number of nitrogens with one attached hydrogen (secondary N) is 2. The van der Waals surface area contributed by atoms with Crippen LogP contribution in [0.2, 0.25) is 0 Å². The zero-order valence-corrected chi connectivity index (χ0v) is 16.9. The van der Waals surface area contributed by atoms with E-state index in [4.69, 9.17) is 14.5 Å². The van der Waals surface area contributed by atoms with Gasteiger partial charge in [-0.15, -0.1) is 0 Å². The van der Waals surface area contributed by atoms with Crippen LogP contribution < -0.4 is 20.1 Å². The van der Waals surface area contributed by atoms with Crippen molar-refractivity contribution in [3.8, 4) is 11.5 Å². The van der Waals surface area contributed by atoms with Gasteiger partial charge in [-0.1, -0.05) is 24.3 Å². The fourth-order valence-electron chi connectivity index (χ4n) is 2.73. The van der Waals surface area contributed by atoms with Crippen LogP contribution in [0, 0.1) is 0 Å². The minimum Gasteiger partial charge on any atom is -0.493 e. The smallest absolute Gasteiger partial charge is 0.196 e. The molecule has 0 aliphatic heterocycles. The van der Waals surface area contributed by atoms with Crippen LogP contribution in [0.1, 0.15) is 18.1 Å². The molecule has 0 saturated carbocycles. The van der Waals surface area contributed by atoms with Gasteiger partial charge in [-0.2, -0.15) is 0 Å². The Morgan fingerprint density at radius 2 is 1.70 bits per heavy atom. The maximum atomic E-state index is 5.37. The van der Waals surface area contributed by atoms with E-state index in [-0.39, 0.29) is 0 Å². The molecule has 6 heteroatoms. The minimum atomic E-state index is 0.604. The first-order chi connectivity index (χ1) is 13.1. The molecular weight excluding hydrogens is 340 g/mol. The summed E-state index contributed by atoms with van der Waals surface area (Å²) in [5.41, 5.74) is 3.39. The van der Waals surface area contributed by atoms with E-state index in [2.05, 4.69) is 53.9 Å². The lowest BCUT2D eigenvalue weighted by molar-refractivity contribution is 0.355. The lowest BCUT2D eigenvalue weighted by Gasteiger charge is -2.15. The van der Waals surface area contributed by atoms with Gasteiger partial charge in [-0.3, -0.25) is 0 Å². The summed E-state index contributed by atoms with van der Waals surface area (Å²) in [5.74, 6) is 2.10. The van der Waals surface area contributed by atoms with Crippen LogP contribution in [0.3, 0.4) is 0 Å². The molecule has 0 bridgehead atoms. The quantitative estimate of drug-likeness (QED) is 0.551. The molecule has 0 amide bonds. The molecule has 0 saturated heterocycles. The Labute approximate surface area is 162 Å². The maximum absolute atomic E-state index is 5.37. The van der Waals surface area contributed by atoms with Gasteiger partial charge >= 0.3 is 0 Å². The van der Waals surface area contributed by atoms with E-state index in [1.807, 2.05) is 25.1 Å². The summed E-state index contributed by atoms with van der Waals surface area (Å²) in [6.07, 6.45) is 0. The van der Waals surface area contributed by atoms with Crippen molar-refractivity contribution in [3.63, 3.8) is 0 Å². The third-order valence-electron chi connectivity index (χ3n) is 4.00. The van der Waals surface area contributed by atoms with E-state index in [0.29, 0.717) is 18.0 Å². The highest BCUT2D eigenvalue weighted by Gasteiger charge is 2.07. The van der Waals surface area contributed by atoms with Crippen molar-refractivity contribution in [2.75, 3.05) is 40.2 Å². The molecule has 2 aromatic rings. The predicted molar refractivity (Wildman–Crippen MR) is 112 cm³/mol. The van der Waals surface area contributed by atoms with Gasteiger partial charge in [0.05, 0.1) is 20.8 Å². The van der Waals surface area contributed by atoms with Crippen LogP contribution >= 0.6 is 0 Å². The third kappa shape index (κ3) is 6.18. The average molecular weight is 370 g/mol. The summed E-state index contributed by atoms with van der Waals surface area (Å²) in [6.45, 7) is 4.32. The molecule has 0 atom stereocenters. The third-order valence-corrected chi connectivity index (χ3v) is 4.00. The minimum absolute atomic E-state index is 0.604. The standard InChI is InChI=1S/C21H30N4O2/c1-6-22-21(24-18-11-12-19(26-4)20(13-18)27-5)23-14-16-9-7-8-10-17(16)15-25(2)3/h7-13H,6,14-15H2,1-5H3,(H2,22,23,24). The highest BCUT2D eigenvalue weighted by molar-refractivity contribution is 5.93. The Kier molecular flexibility index (Phi) is 7.95. The molecule has 0 aliphatic carbocycles. The Hall–Kier alpha value is -2.73. The number of benzene rings is 2. The van der Waals surface area contributed by atoms with E-state index < -0.39 is 0 Å². The number of hydrogen-bond donors (Lipinski definition) is 2. The normalized spacial score (nSPS) is 11.4. The molecule has 0 aromatic heterocycles. The van der Waals surface area contributed by atoms with Crippen LogP contribution in [0.4, 0.5) is 5.69 Å². The van der Waals surface area contributed by atoms with Crippen molar-refractivity contribution < 1.29 is 9.47 Å². The molecule has 2 aromatic carbocycles. The van der Waals surface area contributed by atoms with Crippen LogP contribution in [-0.4, -0.2) is 45.7 Å². The van der Waals surface area contributed by atoms with Crippen LogP contribution in [0.5, 0.6) is 11.5 Å². The SMILES string of the molecule is CCNC(=NCc1ccccc1CN(C)C)Nc1ccc(OC)c(OC)c1. The molecule has 6 nitrogen and oxygen atoms in total. The number of anilines is 1. The van der Waals surface area contributed by atoms with E-state index in [1.54, 1.807) is 14.2 Å². The van der Waals surface area contributed by atoms with Gasteiger partial charge in [0, 0.05) is 24.8 Å². The second kappa shape index (κ2) is 10.4. The lowest BCUT2D eigenvalue weighted by Crippen LogP contribution is -2.30. The first kappa shape index (κ1) is 20.6. The fraction of sp³-hybridized carbons (Fsp3) is 0.381. The van der Waals surface area contributed by atoms with Gasteiger partial charge < -0.3 is 25.0 Å². The van der Waals surface area contributed by atoms with Crippen molar-refractivity contribution in [1.29, 1.82) is 0 Å². The monoisotopic (exact) mass is 370 g/mol. The molecule has 0 heterocycles. The molecule has 0 aliphatic rings. The van der Waals surface area contributed by atoms with Gasteiger partial charge in [-0.05, 0) is 44.3 Å². The molecule has 0 unspecified atom stereocenters. The maximum Gasteiger partial charge on any atom is 0.196 e. The second-order valence-electron chi connectivity index (χ2n) is 6.40. The topological polar surface area (TPSA) is 58.1 Å². The number of rotatable bonds is 8. The van der Waals surface area contributed by atoms with E-state index in [1.165, 1.54) is 11.1 Å². The molecule has 146 valence electrons. The summed E-state index contributed by atoms with van der Waals surface area (Å²) < 4.78 is 10.7. The summed E-state index contributed by atoms with van der Waals surface area (Å²) in [4.78, 5) is 6.91. The highest BCUT2D eigenvalue weighted by Crippen LogP contribution is 2.29. The number of methoxy groups -OCH3 is 2. The Balaban J connectivity index is 2.18. The van der Waals surface area contributed by atoms with Gasteiger partial charge in [0.2, 0.25) is 0 Å². The second-order valence-corrected chi connectivity index (χ2v) is 6.40. The summed E-state index contributed by atoms with van der Waals surface area (Å²) in [6, 6.07) is 14.1. The van der Waals surface area contributed by atoms with Gasteiger partial charge in [-0.25, -0.2) is 4.99 Å². The molecule has 2 rings (SSSR count). The predicted octanol–water partition coefficient (Wildman–Crippen LogP) is 3.34. The zero-order chi connectivity index (χ0) is 19.6. The van der Waals surface area contributed by atoms with Crippen molar-refractivity contribution in [1.82, 2.24) is 10.2 Å². The van der Waals surface area contributed by atoms with E-state index >= 15 is 0 Å². The fourth-order valence-corrected chi connectivity index (χ4v) is 2.73. The summed E-state index contributed by atoms with van der Waals surface area (Å²) >= 11 is 0. The molecule has 2 N–H and O–H groups in total. The number of aliphatic imine (C=N–C) groups is 1. The highest BCUT2D eigenvalue weighted by atomic mass is 16.5. The Morgan fingerprint density at radius 3 is 2.33 bits per heavy atom. The van der Waals surface area contributed by atoms with E-state index in [0.717, 1.165) is 24.7 Å². The van der Waals surface area contributed by atoms with Crippen molar-refractivity contribution >= 4 is 11.6 Å². The average Bonchev–Trinajstić information content (AvgIpc) is 2.66. The van der Waals surface area contributed by atoms with Gasteiger partial charge in [0.25, 0.3) is 0 Å². The van der Waals surface area contributed by atoms with Crippen molar-refractivity contribution in [3.05, 3.63) is 53.6 Å². The van der Waals surface area contributed by atoms with Crippen LogP contribution in [-0.2, 0) is 13.1 Å². The van der Waals surface area contributed by atoms with Crippen LogP contribution in [0.25, 0.3) is 0 Å².